The summed E-state index contributed by atoms with van der Waals surface area (Å²) in [7, 11) is 0. The summed E-state index contributed by atoms with van der Waals surface area (Å²) in [6.45, 7) is 7.96. The number of thiophene rings is 4. The van der Waals surface area contributed by atoms with Gasteiger partial charge >= 0.3 is 0 Å². The van der Waals surface area contributed by atoms with E-state index in [1.54, 1.807) is 23.5 Å². The molecule has 0 bridgehead atoms. The summed E-state index contributed by atoms with van der Waals surface area (Å²) < 4.78 is 5.25. The summed E-state index contributed by atoms with van der Waals surface area (Å²) in [5.74, 6) is 0. The molecule has 166 valence electrons. The van der Waals surface area contributed by atoms with Crippen molar-refractivity contribution < 1.29 is 0 Å². The zero-order valence-corrected chi connectivity index (χ0v) is 22.8. The third-order valence-corrected chi connectivity index (χ3v) is 12.0. The molecule has 6 heteroatoms. The topological polar surface area (TPSA) is 0 Å². The first-order chi connectivity index (χ1) is 16.7. The van der Waals surface area contributed by atoms with Crippen LogP contribution in [-0.2, 0) is 0 Å². The van der Waals surface area contributed by atoms with E-state index in [9.17, 15) is 0 Å². The zero-order valence-electron chi connectivity index (χ0n) is 17.9. The van der Waals surface area contributed by atoms with Crippen LogP contribution in [0.25, 0.3) is 50.8 Å². The lowest BCUT2D eigenvalue weighted by Crippen LogP contribution is -1.68. The van der Waals surface area contributed by atoms with Crippen molar-refractivity contribution in [1.82, 2.24) is 0 Å². The monoisotopic (exact) mass is 546 g/mol. The predicted molar refractivity (Wildman–Crippen MR) is 161 cm³/mol. The zero-order chi connectivity index (χ0) is 23.1. The van der Waals surface area contributed by atoms with E-state index in [4.69, 9.17) is 0 Å². The van der Waals surface area contributed by atoms with Gasteiger partial charge in [-0.1, -0.05) is 73.1 Å². The fraction of sp³-hybridized carbons (Fsp3) is 0. The maximum absolute atomic E-state index is 3.98. The maximum atomic E-state index is 3.98. The first kappa shape index (κ1) is 22.4. The minimum atomic E-state index is 1.30. The van der Waals surface area contributed by atoms with Gasteiger partial charge in [0.15, 0.2) is 0 Å². The second-order valence-corrected chi connectivity index (χ2v) is 14.2. The van der Waals surface area contributed by atoms with E-state index >= 15 is 0 Å². The Labute approximate surface area is 223 Å². The molecule has 0 saturated heterocycles. The van der Waals surface area contributed by atoms with Crippen LogP contribution in [0.1, 0.15) is 0 Å². The predicted octanol–water partition coefficient (Wildman–Crippen LogP) is 11.7. The summed E-state index contributed by atoms with van der Waals surface area (Å²) in [6, 6.07) is 26.6. The Morgan fingerprint density at radius 1 is 0.529 bits per heavy atom. The number of benzene rings is 2. The molecule has 2 aromatic carbocycles. The van der Waals surface area contributed by atoms with Crippen molar-refractivity contribution in [2.24, 2.45) is 0 Å². The molecule has 0 spiro atoms. The first-order valence-corrected chi connectivity index (χ1v) is 15.6. The molecule has 0 amide bonds. The van der Waals surface area contributed by atoms with Crippen molar-refractivity contribution in [3.05, 3.63) is 96.8 Å². The van der Waals surface area contributed by atoms with Gasteiger partial charge < -0.3 is 0 Å². The SMILES string of the molecule is C=CSc1sc(-c2cc(-c3cc4ccccc4s3)c(SC=C)s2)cc1-c1cc2ccccc2s1. The van der Waals surface area contributed by atoms with Crippen LogP contribution < -0.4 is 0 Å². The largest absolute Gasteiger partial charge is 0.135 e. The van der Waals surface area contributed by atoms with Gasteiger partial charge in [-0.15, -0.1) is 45.3 Å². The van der Waals surface area contributed by atoms with Gasteiger partial charge in [-0.05, 0) is 58.0 Å². The van der Waals surface area contributed by atoms with Gasteiger partial charge in [0.1, 0.15) is 0 Å². The average Bonchev–Trinajstić information content (AvgIpc) is 3.62. The fourth-order valence-corrected chi connectivity index (χ4v) is 10.4. The number of hydrogen-bond acceptors (Lipinski definition) is 6. The van der Waals surface area contributed by atoms with Gasteiger partial charge in [-0.25, -0.2) is 0 Å². The van der Waals surface area contributed by atoms with E-state index < -0.39 is 0 Å². The van der Waals surface area contributed by atoms with Gasteiger partial charge in [0.25, 0.3) is 0 Å². The fourth-order valence-electron chi connectivity index (χ4n) is 3.89. The molecular formula is C28H18S6. The normalized spacial score (nSPS) is 11.4. The molecule has 0 radical (unpaired) electrons. The van der Waals surface area contributed by atoms with Crippen molar-refractivity contribution in [3.63, 3.8) is 0 Å². The van der Waals surface area contributed by atoms with E-state index in [1.165, 1.54) is 59.2 Å². The standard InChI is InChI=1S/C28H18S6/c1-3-29-27-19(23-13-17-9-5-7-11-21(17)31-23)15-25(33-27)26-16-20(28(34-26)30-4-2)24-14-18-10-6-8-12-22(18)32-24/h3-16H,1-2H2. The summed E-state index contributed by atoms with van der Waals surface area (Å²) in [4.78, 5) is 5.24. The lowest BCUT2D eigenvalue weighted by atomic mass is 10.2. The van der Waals surface area contributed by atoms with E-state index in [2.05, 4.69) is 86.0 Å². The van der Waals surface area contributed by atoms with Crippen LogP contribution in [0.2, 0.25) is 0 Å². The Hall–Kier alpha value is -2.06. The third kappa shape index (κ3) is 4.13. The molecule has 0 aliphatic heterocycles. The molecule has 4 aromatic heterocycles. The molecule has 0 unspecified atom stereocenters. The lowest BCUT2D eigenvalue weighted by Gasteiger charge is -1.96. The lowest BCUT2D eigenvalue weighted by molar-refractivity contribution is 1.71. The number of rotatable bonds is 7. The molecule has 34 heavy (non-hydrogen) atoms. The molecule has 0 nitrogen and oxygen atoms in total. The smallest absolute Gasteiger partial charge is 0.0734 e. The Kier molecular flexibility index (Phi) is 6.28. The van der Waals surface area contributed by atoms with Crippen LogP contribution >= 0.6 is 68.9 Å². The molecule has 4 heterocycles. The molecule has 0 atom stereocenters. The summed E-state index contributed by atoms with van der Waals surface area (Å²) in [5.41, 5.74) is 2.61. The van der Waals surface area contributed by atoms with Gasteiger partial charge in [0, 0.05) is 40.0 Å². The Balaban J connectivity index is 1.46. The Morgan fingerprint density at radius 3 is 1.38 bits per heavy atom. The van der Waals surface area contributed by atoms with Gasteiger partial charge in [0.2, 0.25) is 0 Å². The Bertz CT molecular complexity index is 1460. The van der Waals surface area contributed by atoms with Crippen LogP contribution in [-0.4, -0.2) is 0 Å². The second kappa shape index (κ2) is 9.53. The molecule has 0 saturated carbocycles. The molecule has 0 aliphatic rings. The second-order valence-electron chi connectivity index (χ2n) is 7.49. The number of thioether (sulfide) groups is 2. The van der Waals surface area contributed by atoms with E-state index in [1.807, 2.05) is 56.2 Å². The summed E-state index contributed by atoms with van der Waals surface area (Å²) >= 11 is 10.9. The van der Waals surface area contributed by atoms with Crippen LogP contribution in [0.4, 0.5) is 0 Å². The summed E-state index contributed by atoms with van der Waals surface area (Å²) in [6.07, 6.45) is 0. The first-order valence-electron chi connectivity index (χ1n) is 10.5. The number of fused-ring (bicyclic) bond motifs is 2. The highest BCUT2D eigenvalue weighted by molar-refractivity contribution is 8.04. The quantitative estimate of drug-likeness (QED) is 0.183. The summed E-state index contributed by atoms with van der Waals surface area (Å²) in [5, 5.41) is 6.47. The van der Waals surface area contributed by atoms with Crippen LogP contribution in [0.5, 0.6) is 0 Å². The molecule has 0 aliphatic carbocycles. The van der Waals surface area contributed by atoms with Crippen LogP contribution in [0.15, 0.2) is 105 Å². The molecule has 0 N–H and O–H groups in total. The van der Waals surface area contributed by atoms with Crippen LogP contribution in [0.3, 0.4) is 0 Å². The minimum Gasteiger partial charge on any atom is -0.135 e. The molecule has 6 rings (SSSR count). The highest BCUT2D eigenvalue weighted by Gasteiger charge is 2.19. The van der Waals surface area contributed by atoms with Gasteiger partial charge in [-0.3, -0.25) is 0 Å². The van der Waals surface area contributed by atoms with Crippen LogP contribution in [0, 0.1) is 0 Å². The average molecular weight is 547 g/mol. The van der Waals surface area contributed by atoms with Crippen molar-refractivity contribution in [3.8, 4) is 30.6 Å². The number of hydrogen-bond donors (Lipinski definition) is 0. The maximum Gasteiger partial charge on any atom is 0.0734 e. The highest BCUT2D eigenvalue weighted by Crippen LogP contribution is 2.51. The van der Waals surface area contributed by atoms with Gasteiger partial charge in [-0.2, -0.15) is 0 Å². The van der Waals surface area contributed by atoms with Gasteiger partial charge in [0.05, 0.1) is 8.42 Å². The van der Waals surface area contributed by atoms with E-state index in [0.29, 0.717) is 0 Å². The van der Waals surface area contributed by atoms with E-state index in [0.717, 1.165) is 0 Å². The van der Waals surface area contributed by atoms with Crippen molar-refractivity contribution in [2.75, 3.05) is 0 Å². The van der Waals surface area contributed by atoms with Crippen molar-refractivity contribution in [2.45, 2.75) is 8.42 Å². The molecule has 0 fully saturated rings. The molecular weight excluding hydrogens is 529 g/mol. The van der Waals surface area contributed by atoms with Crippen molar-refractivity contribution >= 4 is 89.0 Å². The van der Waals surface area contributed by atoms with Crippen molar-refractivity contribution in [1.29, 1.82) is 0 Å². The Morgan fingerprint density at radius 2 is 0.971 bits per heavy atom. The highest BCUT2D eigenvalue weighted by atomic mass is 32.2. The van der Waals surface area contributed by atoms with E-state index in [-0.39, 0.29) is 0 Å². The molecule has 6 aromatic rings. The minimum absolute atomic E-state index is 1.30. The third-order valence-electron chi connectivity index (χ3n) is 5.40.